The Hall–Kier alpha value is -6.58. The van der Waals surface area contributed by atoms with Crippen molar-refractivity contribution in [2.75, 3.05) is 9.80 Å². The zero-order chi connectivity index (χ0) is 38.0. The number of para-hydroxylation sites is 1. The summed E-state index contributed by atoms with van der Waals surface area (Å²) in [6.45, 7) is 8.96. The third kappa shape index (κ3) is 5.26. The average Bonchev–Trinajstić information content (AvgIpc) is 3.22. The number of fused-ring (bicyclic) bond motifs is 4. The van der Waals surface area contributed by atoms with Crippen LogP contribution in [0.2, 0.25) is 0 Å². The van der Waals surface area contributed by atoms with Crippen LogP contribution >= 0.6 is 0 Å². The fourth-order valence-corrected chi connectivity index (χ4v) is 9.75. The first-order valence-corrected chi connectivity index (χ1v) is 19.7. The third-order valence-corrected chi connectivity index (χ3v) is 11.9. The summed E-state index contributed by atoms with van der Waals surface area (Å²) < 4.78 is 0. The molecule has 2 aliphatic heterocycles. The predicted octanol–water partition coefficient (Wildman–Crippen LogP) is 11.4. The lowest BCUT2D eigenvalue weighted by Crippen LogP contribution is -2.61. The first kappa shape index (κ1) is 34.0. The molecule has 0 saturated heterocycles. The van der Waals surface area contributed by atoms with E-state index in [0.717, 1.165) is 5.69 Å². The first-order chi connectivity index (χ1) is 27.4. The lowest BCUT2D eigenvalue weighted by molar-refractivity contribution is 0.745. The molecule has 0 atom stereocenters. The van der Waals surface area contributed by atoms with Crippen LogP contribution in [0.25, 0.3) is 0 Å². The number of benzene rings is 8. The molecule has 2 nitrogen and oxygen atoms in total. The fourth-order valence-electron chi connectivity index (χ4n) is 9.75. The van der Waals surface area contributed by atoms with Crippen LogP contribution in [0, 0.1) is 27.7 Å². The highest BCUT2D eigenvalue weighted by atomic mass is 15.2. The first-order valence-electron chi connectivity index (χ1n) is 19.7. The number of anilines is 6. The summed E-state index contributed by atoms with van der Waals surface area (Å²) in [6.07, 6.45) is 0. The smallest absolute Gasteiger partial charge is 0.252 e. The van der Waals surface area contributed by atoms with E-state index in [2.05, 4.69) is 226 Å². The van der Waals surface area contributed by atoms with Crippen molar-refractivity contribution in [3.63, 3.8) is 0 Å². The lowest BCUT2D eigenvalue weighted by Gasteiger charge is -2.44. The van der Waals surface area contributed by atoms with Gasteiger partial charge in [0.25, 0.3) is 6.71 Å². The van der Waals surface area contributed by atoms with Crippen molar-refractivity contribution in [1.82, 2.24) is 0 Å². The molecule has 0 unspecified atom stereocenters. The molecule has 0 N–H and O–H groups in total. The van der Waals surface area contributed by atoms with Gasteiger partial charge < -0.3 is 9.80 Å². The van der Waals surface area contributed by atoms with Crippen molar-refractivity contribution in [1.29, 1.82) is 0 Å². The molecule has 56 heavy (non-hydrogen) atoms. The summed E-state index contributed by atoms with van der Waals surface area (Å²) in [5, 5.41) is 0. The van der Waals surface area contributed by atoms with Crippen LogP contribution in [0.3, 0.4) is 0 Å². The Morgan fingerprint density at radius 1 is 0.339 bits per heavy atom. The Kier molecular flexibility index (Phi) is 8.08. The Balaban J connectivity index is 1.21. The molecular weight excluding hydrogens is 675 g/mol. The molecule has 0 aromatic heterocycles. The van der Waals surface area contributed by atoms with Gasteiger partial charge in [-0.3, -0.25) is 0 Å². The number of aryl methyl sites for hydroxylation is 4. The number of hydrogen-bond donors (Lipinski definition) is 0. The quantitative estimate of drug-likeness (QED) is 0.125. The monoisotopic (exact) mass is 718 g/mol. The maximum atomic E-state index is 2.52. The van der Waals surface area contributed by atoms with E-state index < -0.39 is 5.41 Å². The second-order valence-electron chi connectivity index (χ2n) is 15.7. The molecule has 2 heterocycles. The second kappa shape index (κ2) is 13.3. The molecule has 3 heteroatoms. The summed E-state index contributed by atoms with van der Waals surface area (Å²) in [5.74, 6) is 0. The Morgan fingerprint density at radius 3 is 1.36 bits per heavy atom. The van der Waals surface area contributed by atoms with E-state index >= 15 is 0 Å². The number of rotatable bonds is 6. The third-order valence-electron chi connectivity index (χ3n) is 11.9. The summed E-state index contributed by atoms with van der Waals surface area (Å²) in [5.41, 5.74) is 20.8. The Labute approximate surface area is 331 Å². The molecule has 0 saturated carbocycles. The van der Waals surface area contributed by atoms with Crippen LogP contribution in [0.15, 0.2) is 188 Å². The summed E-state index contributed by atoms with van der Waals surface area (Å²) in [6, 6.07) is 70.1. The topological polar surface area (TPSA) is 6.48 Å². The van der Waals surface area contributed by atoms with E-state index in [1.54, 1.807) is 0 Å². The van der Waals surface area contributed by atoms with Crippen molar-refractivity contribution in [2.24, 2.45) is 0 Å². The van der Waals surface area contributed by atoms with E-state index in [0.29, 0.717) is 0 Å². The van der Waals surface area contributed by atoms with Crippen molar-refractivity contribution in [2.45, 2.75) is 33.1 Å². The predicted molar refractivity (Wildman–Crippen MR) is 238 cm³/mol. The SMILES string of the molecule is Cc1cc(C)cc(N2c3cc(C)ccc3B3c4ccccc4N(c4ccc(C(c5ccccc5)(c5ccccc5)c5ccccc5)cc4)c4cc(C)cc2c43)c1. The molecule has 8 aromatic rings. The van der Waals surface area contributed by atoms with E-state index in [-0.39, 0.29) is 6.71 Å². The highest BCUT2D eigenvalue weighted by Crippen LogP contribution is 2.48. The van der Waals surface area contributed by atoms with Gasteiger partial charge in [-0.25, -0.2) is 0 Å². The van der Waals surface area contributed by atoms with Gasteiger partial charge in [-0.15, -0.1) is 0 Å². The minimum atomic E-state index is -0.510. The molecule has 268 valence electrons. The van der Waals surface area contributed by atoms with Crippen LogP contribution in [0.5, 0.6) is 0 Å². The Bertz CT molecular complexity index is 2620. The molecule has 0 amide bonds. The average molecular weight is 719 g/mol. The van der Waals surface area contributed by atoms with E-state index in [1.807, 2.05) is 0 Å². The molecule has 10 rings (SSSR count). The van der Waals surface area contributed by atoms with Crippen LogP contribution in [-0.4, -0.2) is 6.71 Å². The molecule has 0 fully saturated rings. The van der Waals surface area contributed by atoms with E-state index in [1.165, 1.54) is 89.3 Å². The van der Waals surface area contributed by atoms with Gasteiger partial charge in [0.05, 0.1) is 5.41 Å². The van der Waals surface area contributed by atoms with E-state index in [4.69, 9.17) is 0 Å². The van der Waals surface area contributed by atoms with Crippen LogP contribution in [-0.2, 0) is 5.41 Å². The van der Waals surface area contributed by atoms with Gasteiger partial charge in [0, 0.05) is 34.1 Å². The Morgan fingerprint density at radius 2 is 0.786 bits per heavy atom. The van der Waals surface area contributed by atoms with Gasteiger partial charge in [-0.2, -0.15) is 0 Å². The van der Waals surface area contributed by atoms with Gasteiger partial charge in [-0.1, -0.05) is 140 Å². The largest absolute Gasteiger partial charge is 0.311 e. The molecule has 0 bridgehead atoms. The van der Waals surface area contributed by atoms with Gasteiger partial charge in [0.1, 0.15) is 0 Å². The summed E-state index contributed by atoms with van der Waals surface area (Å²) in [4.78, 5) is 5.03. The van der Waals surface area contributed by atoms with Crippen molar-refractivity contribution in [3.8, 4) is 0 Å². The van der Waals surface area contributed by atoms with Crippen molar-refractivity contribution < 1.29 is 0 Å². The molecule has 8 aromatic carbocycles. The summed E-state index contributed by atoms with van der Waals surface area (Å²) >= 11 is 0. The number of hydrogen-bond acceptors (Lipinski definition) is 2. The fraction of sp³-hybridized carbons (Fsp3) is 0.0943. The standard InChI is InChI=1S/C53H43BN2/c1-36-24-29-47-49(33-36)56(45-31-37(2)30-38(3)32-45)51-35-39(4)34-50-52(51)54(47)46-22-14-15-23-48(46)55(50)44-27-25-43(26-28-44)53(40-16-8-5-9-17-40,41-18-10-6-11-19-41)42-20-12-7-13-21-42/h5-35H,1-4H3. The van der Waals surface area contributed by atoms with Gasteiger partial charge in [0.2, 0.25) is 0 Å². The van der Waals surface area contributed by atoms with Crippen LogP contribution in [0.1, 0.15) is 44.5 Å². The second-order valence-corrected chi connectivity index (χ2v) is 15.7. The minimum absolute atomic E-state index is 0.104. The molecule has 0 aliphatic carbocycles. The molecular formula is C53H43BN2. The zero-order valence-corrected chi connectivity index (χ0v) is 32.4. The maximum absolute atomic E-state index is 2.52. The molecule has 0 spiro atoms. The van der Waals surface area contributed by atoms with Crippen molar-refractivity contribution in [3.05, 3.63) is 233 Å². The lowest BCUT2D eigenvalue weighted by atomic mass is 9.33. The molecule has 2 aliphatic rings. The highest BCUT2D eigenvalue weighted by molar-refractivity contribution is 7.00. The normalized spacial score (nSPS) is 12.9. The minimum Gasteiger partial charge on any atom is -0.311 e. The number of nitrogens with zero attached hydrogens (tertiary/aromatic N) is 2. The highest BCUT2D eigenvalue weighted by Gasteiger charge is 2.44. The zero-order valence-electron chi connectivity index (χ0n) is 32.4. The van der Waals surface area contributed by atoms with E-state index in [9.17, 15) is 0 Å². The van der Waals surface area contributed by atoms with Crippen molar-refractivity contribution >= 4 is 57.2 Å². The van der Waals surface area contributed by atoms with Gasteiger partial charge in [0.15, 0.2) is 0 Å². The maximum Gasteiger partial charge on any atom is 0.252 e. The molecule has 0 radical (unpaired) electrons. The van der Waals surface area contributed by atoms with Crippen LogP contribution < -0.4 is 26.2 Å². The van der Waals surface area contributed by atoms with Crippen LogP contribution in [0.4, 0.5) is 34.1 Å². The summed E-state index contributed by atoms with van der Waals surface area (Å²) in [7, 11) is 0. The van der Waals surface area contributed by atoms with Gasteiger partial charge >= 0.3 is 0 Å². The van der Waals surface area contributed by atoms with Gasteiger partial charge in [-0.05, 0) is 137 Å².